The minimum Gasteiger partial charge on any atom is -0.487 e. The van der Waals surface area contributed by atoms with Crippen molar-refractivity contribution in [2.75, 3.05) is 20.8 Å². The molecule has 0 amide bonds. The summed E-state index contributed by atoms with van der Waals surface area (Å²) in [5, 5.41) is 10.2. The van der Waals surface area contributed by atoms with Gasteiger partial charge in [0.15, 0.2) is 19.2 Å². The molecule has 0 saturated heterocycles. The third kappa shape index (κ3) is 21.2. The van der Waals surface area contributed by atoms with Crippen LogP contribution in [0.5, 0.6) is 34.5 Å². The van der Waals surface area contributed by atoms with Gasteiger partial charge in [0.2, 0.25) is 6.29 Å². The quantitative estimate of drug-likeness (QED) is 0.0486. The lowest BCUT2D eigenvalue weighted by atomic mass is 9.94. The van der Waals surface area contributed by atoms with Gasteiger partial charge >= 0.3 is 12.1 Å². The molecule has 13 heteroatoms. The number of rotatable bonds is 17. The van der Waals surface area contributed by atoms with Gasteiger partial charge < -0.3 is 52.1 Å². The summed E-state index contributed by atoms with van der Waals surface area (Å²) in [5.41, 5.74) is 15.7. The minimum absolute atomic E-state index is 0.0684. The number of hydrogen-bond donors (Lipinski definition) is 0. The molecule has 650 valence electrons. The van der Waals surface area contributed by atoms with Crippen LogP contribution in [0, 0.1) is 17.8 Å². The van der Waals surface area contributed by atoms with E-state index in [4.69, 9.17) is 52.1 Å². The second-order valence-corrected chi connectivity index (χ2v) is 39.1. The van der Waals surface area contributed by atoms with Crippen LogP contribution in [0.1, 0.15) is 326 Å². The molecule has 16 rings (SSSR count). The van der Waals surface area contributed by atoms with E-state index in [-0.39, 0.29) is 42.6 Å². The molecule has 0 radical (unpaired) electrons. The average molecular weight is 1650 g/mol. The first-order valence-corrected chi connectivity index (χ1v) is 44.6. The van der Waals surface area contributed by atoms with E-state index in [2.05, 4.69) is 257 Å². The summed E-state index contributed by atoms with van der Waals surface area (Å²) in [6.07, 6.45) is 1.92. The van der Waals surface area contributed by atoms with Crippen molar-refractivity contribution in [2.24, 2.45) is 17.8 Å². The number of methoxy groups -OCH3 is 2. The lowest BCUT2D eigenvalue weighted by molar-refractivity contribution is -0.157. The van der Waals surface area contributed by atoms with Crippen molar-refractivity contribution in [3.05, 3.63) is 224 Å². The molecule has 0 N–H and O–H groups in total. The first kappa shape index (κ1) is 92.6. The standard InChI is InChI=1S/C20H24O3.C20H26O2.C19H24O.C17H20O2.C16H22O3.C16H24O2/c1-12-13(2)15-9-10-17(16-8-6-7-14(12)19(15)16)22-11-18(21)23-20(3,4)5;1-12-13(2)16-10-11-18(21-14(3)22-20(4,5)6)17-9-7-8-15(12)19(16)17;1-6-19(4,5)20-17-11-10-15-13(3)12(2)14-8-7-9-16(17)18(14)15;1-10-11(2)14-8-9-16(19-12(3)18-4)15-7-5-6-13(10)17(14)15;1-10-8-12-9-13(6-7-14(12)11(10)2)18-15(17)19-16(3,4)5;1-10(2)16(17-5)18-14-7-6-13-8-11(3)12(4)15(13)9-14/h6-10,12-13H,11H2,1-5H3;7-14H,1-6H3;7-13H,6H2,1-5H3;5-12H,1-4H3;6-7,9-11H,8H2,1-5H3;6-7,9-12,16H,8H2,1-5H3. The highest BCUT2D eigenvalue weighted by molar-refractivity contribution is 5.99. The van der Waals surface area contributed by atoms with Crippen LogP contribution in [-0.2, 0) is 41.3 Å². The van der Waals surface area contributed by atoms with E-state index in [1.807, 2.05) is 94.4 Å². The molecule has 121 heavy (non-hydrogen) atoms. The predicted octanol–water partition coefficient (Wildman–Crippen LogP) is 28.7. The number of hydrogen-bond acceptors (Lipinski definition) is 13. The number of fused-ring (bicyclic) bond motifs is 2. The molecule has 0 saturated carbocycles. The molecule has 6 aliphatic carbocycles. The molecule has 10 aromatic carbocycles. The van der Waals surface area contributed by atoms with E-state index in [0.717, 1.165) is 52.9 Å². The van der Waals surface area contributed by atoms with Crippen LogP contribution < -0.4 is 28.4 Å². The minimum atomic E-state index is -0.647. The molecule has 6 aliphatic rings. The molecule has 0 spiro atoms. The predicted molar refractivity (Wildman–Crippen MR) is 496 cm³/mol. The third-order valence-electron chi connectivity index (χ3n) is 26.2. The maximum atomic E-state index is 11.9. The number of ether oxygens (including phenoxy) is 11. The van der Waals surface area contributed by atoms with Crippen molar-refractivity contribution >= 4 is 55.2 Å². The summed E-state index contributed by atoms with van der Waals surface area (Å²) < 4.78 is 62.0. The summed E-state index contributed by atoms with van der Waals surface area (Å²) in [5.74, 6) is 12.2. The fourth-order valence-corrected chi connectivity index (χ4v) is 18.3. The van der Waals surface area contributed by atoms with Crippen molar-refractivity contribution in [1.82, 2.24) is 0 Å². The van der Waals surface area contributed by atoms with E-state index in [9.17, 15) is 9.59 Å². The molecule has 0 aliphatic heterocycles. The van der Waals surface area contributed by atoms with Gasteiger partial charge in [0.05, 0.1) is 5.60 Å². The zero-order chi connectivity index (χ0) is 88.4. The van der Waals surface area contributed by atoms with Crippen LogP contribution in [0.25, 0.3) is 43.1 Å². The zero-order valence-corrected chi connectivity index (χ0v) is 78.4. The fraction of sp³-hybridized carbons (Fsp3) is 0.500. The van der Waals surface area contributed by atoms with Crippen molar-refractivity contribution in [3.8, 4) is 34.5 Å². The number of esters is 1. The normalized spacial score (nSPS) is 21.9. The largest absolute Gasteiger partial charge is 0.514 e. The highest BCUT2D eigenvalue weighted by atomic mass is 16.7. The SMILES string of the molecule is CC(Oc1ccc2c3c(cccc13)C(C)C2C)OC(C)(C)C.CC1Cc2cc(OC(=O)OC(C)(C)C)ccc2C1C.CC1c2cccc3c(OCC(=O)OC(C)(C)C)ccc(c23)C1C.CCC(C)(C)Oc1ccc2c3c(cccc13)C(C)C2C.COC(C)Oc1ccc2c3c(cccc13)C(C)C2C.COC(Oc1ccc2c(c1)C(C)C(C)C2)C(C)C. The topological polar surface area (TPSA) is 136 Å². The Kier molecular flexibility index (Phi) is 29.0. The van der Waals surface area contributed by atoms with Crippen LogP contribution in [0.15, 0.2) is 158 Å². The van der Waals surface area contributed by atoms with Gasteiger partial charge in [-0.2, -0.15) is 0 Å². The Morgan fingerprint density at radius 2 is 0.752 bits per heavy atom. The van der Waals surface area contributed by atoms with E-state index < -0.39 is 17.4 Å². The Morgan fingerprint density at radius 1 is 0.372 bits per heavy atom. The second-order valence-electron chi connectivity index (χ2n) is 39.1. The molecule has 0 heterocycles. The van der Waals surface area contributed by atoms with Crippen molar-refractivity contribution < 1.29 is 61.7 Å². The Labute approximate surface area is 723 Å². The Morgan fingerprint density at radius 3 is 1.17 bits per heavy atom. The molecular formula is C108H140O13. The summed E-state index contributed by atoms with van der Waals surface area (Å²) in [6.45, 7) is 59.2. The van der Waals surface area contributed by atoms with Gasteiger partial charge in [0, 0.05) is 41.7 Å². The maximum Gasteiger partial charge on any atom is 0.514 e. The fourth-order valence-electron chi connectivity index (χ4n) is 18.3. The smallest absolute Gasteiger partial charge is 0.487 e. The highest BCUT2D eigenvalue weighted by Gasteiger charge is 2.36. The maximum absolute atomic E-state index is 11.9. The van der Waals surface area contributed by atoms with Crippen LogP contribution >= 0.6 is 0 Å². The van der Waals surface area contributed by atoms with Gasteiger partial charge in [-0.3, -0.25) is 0 Å². The van der Waals surface area contributed by atoms with Gasteiger partial charge in [-0.25, -0.2) is 9.59 Å². The number of benzene rings is 10. The zero-order valence-electron chi connectivity index (χ0n) is 78.4. The van der Waals surface area contributed by atoms with Crippen molar-refractivity contribution in [1.29, 1.82) is 0 Å². The van der Waals surface area contributed by atoms with Gasteiger partial charge in [0.1, 0.15) is 51.3 Å². The Hall–Kier alpha value is -9.14. The molecule has 15 atom stereocenters. The number of carbonyl (C=O) groups excluding carboxylic acids is 2. The molecule has 0 fully saturated rings. The average Bonchev–Trinajstić information content (AvgIpc) is 1.62. The van der Waals surface area contributed by atoms with E-state index in [1.165, 1.54) is 111 Å². The molecule has 15 unspecified atom stereocenters. The van der Waals surface area contributed by atoms with Gasteiger partial charge in [-0.05, 0) is 317 Å². The van der Waals surface area contributed by atoms with Crippen LogP contribution in [0.2, 0.25) is 0 Å². The first-order chi connectivity index (χ1) is 56.9. The summed E-state index contributed by atoms with van der Waals surface area (Å²) in [7, 11) is 3.36. The molecule has 0 aromatic heterocycles. The molecule has 13 nitrogen and oxygen atoms in total. The van der Waals surface area contributed by atoms with E-state index in [1.54, 1.807) is 14.2 Å². The van der Waals surface area contributed by atoms with Crippen LogP contribution in [0.4, 0.5) is 4.79 Å². The van der Waals surface area contributed by atoms with Crippen LogP contribution in [0.3, 0.4) is 0 Å². The van der Waals surface area contributed by atoms with Crippen molar-refractivity contribution in [3.63, 3.8) is 0 Å². The van der Waals surface area contributed by atoms with E-state index >= 15 is 0 Å². The lowest BCUT2D eigenvalue weighted by Gasteiger charge is -2.26. The summed E-state index contributed by atoms with van der Waals surface area (Å²) >= 11 is 0. The van der Waals surface area contributed by atoms with Gasteiger partial charge in [-0.1, -0.05) is 213 Å². The van der Waals surface area contributed by atoms with Crippen LogP contribution in [-0.4, -0.2) is 74.2 Å². The van der Waals surface area contributed by atoms with Gasteiger partial charge in [0.25, 0.3) is 0 Å². The summed E-state index contributed by atoms with van der Waals surface area (Å²) in [4.78, 5) is 23.5. The summed E-state index contributed by atoms with van der Waals surface area (Å²) in [6, 6.07) is 55.5. The lowest BCUT2D eigenvalue weighted by Crippen LogP contribution is -2.29. The molecule has 10 aromatic rings. The second kappa shape index (κ2) is 37.9. The highest BCUT2D eigenvalue weighted by Crippen LogP contribution is 2.53. The third-order valence-corrected chi connectivity index (χ3v) is 26.2. The Bertz CT molecular complexity index is 5240. The van der Waals surface area contributed by atoms with E-state index in [0.29, 0.717) is 76.8 Å². The Balaban J connectivity index is 0.000000142. The first-order valence-electron chi connectivity index (χ1n) is 44.6. The molecule has 0 bridgehead atoms. The molecular weight excluding hydrogens is 1510 g/mol. The van der Waals surface area contributed by atoms with Gasteiger partial charge in [-0.15, -0.1) is 0 Å². The number of carbonyl (C=O) groups is 2. The monoisotopic (exact) mass is 1650 g/mol. The van der Waals surface area contributed by atoms with Crippen molar-refractivity contribution in [2.45, 2.75) is 314 Å².